The molecule has 0 bridgehead atoms. The molecule has 51 heavy (non-hydrogen) atoms. The van der Waals surface area contributed by atoms with Gasteiger partial charge in [0.2, 0.25) is 11.8 Å². The van der Waals surface area contributed by atoms with E-state index in [1.165, 1.54) is 24.3 Å². The van der Waals surface area contributed by atoms with Crippen molar-refractivity contribution < 1.29 is 44.3 Å². The second-order valence-electron chi connectivity index (χ2n) is 11.6. The first kappa shape index (κ1) is 32.7. The Morgan fingerprint density at radius 1 is 0.667 bits per heavy atom. The second-order valence-corrected chi connectivity index (χ2v) is 11.6. The van der Waals surface area contributed by atoms with Crippen molar-refractivity contribution in [1.82, 2.24) is 10.2 Å². The normalized spacial score (nSPS) is 11.2. The Morgan fingerprint density at radius 3 is 1.96 bits per heavy atom. The number of carboxylic acid groups (broad SMARTS) is 1. The minimum absolute atomic E-state index is 0.00202. The maximum atomic E-state index is 13.0. The molecule has 254 valence electrons. The molecule has 0 unspecified atom stereocenters. The molecule has 0 saturated carbocycles. The van der Waals surface area contributed by atoms with Crippen molar-refractivity contribution in [2.75, 3.05) is 10.8 Å². The smallest absolute Gasteiger partial charge is 0.335 e. The van der Waals surface area contributed by atoms with Gasteiger partial charge < -0.3 is 25.1 Å². The van der Waals surface area contributed by atoms with Gasteiger partial charge in [-0.25, -0.2) is 9.68 Å². The quantitative estimate of drug-likeness (QED) is 0.0577. The van der Waals surface area contributed by atoms with Gasteiger partial charge in [0.05, 0.1) is 16.8 Å². The number of phenols is 2. The summed E-state index contributed by atoms with van der Waals surface area (Å²) in [5.74, 6) is -1.24. The average Bonchev–Trinajstić information content (AvgIpc) is 3.63. The summed E-state index contributed by atoms with van der Waals surface area (Å²) in [5, 5.41) is 52.8. The zero-order chi connectivity index (χ0) is 35.5. The number of anilines is 2. The Morgan fingerprint density at radius 2 is 1.29 bits per heavy atom. The minimum atomic E-state index is -1.09. The lowest BCUT2D eigenvalue weighted by Gasteiger charge is -2.10. The Hall–Kier alpha value is -6.80. The fourth-order valence-corrected chi connectivity index (χ4v) is 5.49. The molecule has 13 nitrogen and oxygen atoms in total. The van der Waals surface area contributed by atoms with Crippen molar-refractivity contribution in [3.05, 3.63) is 131 Å². The van der Waals surface area contributed by atoms with Crippen molar-refractivity contribution in [3.63, 3.8) is 0 Å². The van der Waals surface area contributed by atoms with Crippen LogP contribution >= 0.6 is 0 Å². The lowest BCUT2D eigenvalue weighted by atomic mass is 10.0. The van der Waals surface area contributed by atoms with E-state index in [-0.39, 0.29) is 41.7 Å². The zero-order valence-electron chi connectivity index (χ0n) is 26.5. The SMILES string of the molecule is O=C(O)c1ccc2cc(O)c(C(=O)Nc3ccc(-c4nnc(-c5ccc(NOCc6cc7cc(COO)ccc7cc6O)cc5)o4)cc3)cc2c1. The number of phenolic OH excluding ortho intramolecular Hbond substituents is 2. The van der Waals surface area contributed by atoms with Gasteiger partial charge in [-0.2, -0.15) is 0 Å². The largest absolute Gasteiger partial charge is 0.508 e. The summed E-state index contributed by atoms with van der Waals surface area (Å²) in [5.41, 5.74) is 6.68. The molecule has 0 radical (unpaired) electrons. The van der Waals surface area contributed by atoms with Crippen molar-refractivity contribution in [3.8, 4) is 34.4 Å². The second kappa shape index (κ2) is 14.0. The monoisotopic (exact) mass is 684 g/mol. The first-order chi connectivity index (χ1) is 24.7. The molecule has 6 aromatic carbocycles. The number of aromatic carboxylic acids is 1. The molecular weight excluding hydrogens is 656 g/mol. The molecular formula is C38H28N4O9. The van der Waals surface area contributed by atoms with Crippen LogP contribution in [0.4, 0.5) is 11.4 Å². The van der Waals surface area contributed by atoms with E-state index in [0.717, 1.165) is 16.3 Å². The van der Waals surface area contributed by atoms with Crippen LogP contribution in [0.3, 0.4) is 0 Å². The molecule has 13 heteroatoms. The van der Waals surface area contributed by atoms with Crippen LogP contribution in [0.2, 0.25) is 0 Å². The first-order valence-corrected chi connectivity index (χ1v) is 15.5. The standard InChI is InChI=1S/C38H28N4O9/c43-33-17-24-2-1-21(19-50-48)13-27(24)15-29(33)20-49-42-31-11-7-23(8-12-31)37-41-40-36(51-37)22-5-9-30(10-6-22)39-35(45)32-16-28-14-26(38(46)47)4-3-25(28)18-34(32)44/h1-18,42-44,48H,19-20H2,(H,39,45)(H,46,47). The average molecular weight is 685 g/mol. The van der Waals surface area contributed by atoms with E-state index in [1.54, 1.807) is 66.7 Å². The van der Waals surface area contributed by atoms with Crippen molar-refractivity contribution in [2.24, 2.45) is 0 Å². The highest BCUT2D eigenvalue weighted by Gasteiger charge is 2.16. The molecule has 7 rings (SSSR count). The van der Waals surface area contributed by atoms with E-state index in [4.69, 9.17) is 14.5 Å². The van der Waals surface area contributed by atoms with Gasteiger partial charge in [0.15, 0.2) is 0 Å². The van der Waals surface area contributed by atoms with E-state index in [2.05, 4.69) is 25.9 Å². The molecule has 7 aromatic rings. The number of rotatable bonds is 11. The number of aromatic nitrogens is 2. The minimum Gasteiger partial charge on any atom is -0.508 e. The number of fused-ring (bicyclic) bond motifs is 2. The number of nitrogens with zero attached hydrogens (tertiary/aromatic N) is 2. The van der Waals surface area contributed by atoms with Crippen molar-refractivity contribution >= 4 is 44.8 Å². The highest BCUT2D eigenvalue weighted by atomic mass is 17.1. The number of amides is 1. The van der Waals surface area contributed by atoms with E-state index in [0.29, 0.717) is 44.7 Å². The summed E-state index contributed by atoms with van der Waals surface area (Å²) in [7, 11) is 0. The van der Waals surface area contributed by atoms with Crippen LogP contribution in [0.25, 0.3) is 44.5 Å². The molecule has 0 fully saturated rings. The summed E-state index contributed by atoms with van der Waals surface area (Å²) in [6, 6.07) is 30.1. The molecule has 1 heterocycles. The lowest BCUT2D eigenvalue weighted by Crippen LogP contribution is -2.12. The van der Waals surface area contributed by atoms with Crippen LogP contribution in [-0.2, 0) is 22.9 Å². The number of carbonyl (C=O) groups is 2. The van der Waals surface area contributed by atoms with Gasteiger partial charge in [-0.15, -0.1) is 10.2 Å². The van der Waals surface area contributed by atoms with Crippen LogP contribution in [0.1, 0.15) is 31.8 Å². The van der Waals surface area contributed by atoms with Crippen LogP contribution < -0.4 is 10.8 Å². The van der Waals surface area contributed by atoms with Crippen LogP contribution in [-0.4, -0.2) is 42.7 Å². The maximum absolute atomic E-state index is 13.0. The van der Waals surface area contributed by atoms with Crippen LogP contribution in [0.15, 0.2) is 114 Å². The van der Waals surface area contributed by atoms with Gasteiger partial charge in [0, 0.05) is 22.4 Å². The highest BCUT2D eigenvalue weighted by Crippen LogP contribution is 2.30. The number of nitrogens with one attached hydrogen (secondary N) is 2. The highest BCUT2D eigenvalue weighted by molar-refractivity contribution is 6.09. The van der Waals surface area contributed by atoms with Gasteiger partial charge in [0.1, 0.15) is 24.7 Å². The van der Waals surface area contributed by atoms with Crippen LogP contribution in [0.5, 0.6) is 11.5 Å². The molecule has 0 aliphatic rings. The predicted octanol–water partition coefficient (Wildman–Crippen LogP) is 7.61. The van der Waals surface area contributed by atoms with E-state index < -0.39 is 11.9 Å². The number of benzene rings is 6. The third-order valence-electron chi connectivity index (χ3n) is 8.14. The molecule has 1 amide bonds. The summed E-state index contributed by atoms with van der Waals surface area (Å²) < 4.78 is 5.89. The summed E-state index contributed by atoms with van der Waals surface area (Å²) in [6.45, 7) is 0.142. The van der Waals surface area contributed by atoms with Gasteiger partial charge in [0.25, 0.3) is 5.91 Å². The molecule has 0 aliphatic carbocycles. The number of hydrogen-bond donors (Lipinski definition) is 6. The lowest BCUT2D eigenvalue weighted by molar-refractivity contribution is -0.252. The Kier molecular flexibility index (Phi) is 8.97. The van der Waals surface area contributed by atoms with Gasteiger partial charge in [-0.05, 0) is 118 Å². The van der Waals surface area contributed by atoms with Gasteiger partial charge in [-0.3, -0.25) is 20.4 Å². The predicted molar refractivity (Wildman–Crippen MR) is 187 cm³/mol. The third-order valence-corrected chi connectivity index (χ3v) is 8.14. The number of carbonyl (C=O) groups excluding carboxylic acids is 1. The van der Waals surface area contributed by atoms with E-state index in [9.17, 15) is 24.9 Å². The Labute approximate surface area is 288 Å². The van der Waals surface area contributed by atoms with Gasteiger partial charge in [-0.1, -0.05) is 18.2 Å². The summed E-state index contributed by atoms with van der Waals surface area (Å²) in [6.07, 6.45) is 0. The van der Waals surface area contributed by atoms with Crippen molar-refractivity contribution in [1.29, 1.82) is 0 Å². The number of carboxylic acids is 1. The summed E-state index contributed by atoms with van der Waals surface area (Å²) >= 11 is 0. The zero-order valence-corrected chi connectivity index (χ0v) is 26.5. The third kappa shape index (κ3) is 7.16. The van der Waals surface area contributed by atoms with Crippen LogP contribution in [0, 0.1) is 0 Å². The first-order valence-electron chi connectivity index (χ1n) is 15.5. The van der Waals surface area contributed by atoms with Gasteiger partial charge >= 0.3 is 5.97 Å². The molecule has 6 N–H and O–H groups in total. The molecule has 0 saturated heterocycles. The summed E-state index contributed by atoms with van der Waals surface area (Å²) in [4.78, 5) is 34.2. The van der Waals surface area contributed by atoms with Crippen molar-refractivity contribution in [2.45, 2.75) is 13.2 Å². The maximum Gasteiger partial charge on any atom is 0.335 e. The number of aromatic hydroxyl groups is 2. The molecule has 0 aliphatic heterocycles. The Balaban J connectivity index is 0.964. The fraction of sp³-hybridized carbons (Fsp3) is 0.0526. The topological polar surface area (TPSA) is 196 Å². The molecule has 0 atom stereocenters. The Bertz CT molecular complexity index is 2410. The molecule has 0 spiro atoms. The molecule has 1 aromatic heterocycles. The van der Waals surface area contributed by atoms with E-state index >= 15 is 0 Å². The fourth-order valence-electron chi connectivity index (χ4n) is 5.49. The van der Waals surface area contributed by atoms with E-state index in [1.807, 2.05) is 18.2 Å². The number of hydrogen-bond acceptors (Lipinski definition) is 11.